The minimum absolute atomic E-state index is 0.191. The van der Waals surface area contributed by atoms with E-state index in [0.29, 0.717) is 22.0 Å². The Labute approximate surface area is 180 Å². The molecule has 0 radical (unpaired) electrons. The summed E-state index contributed by atoms with van der Waals surface area (Å²) in [5.41, 5.74) is 2.94. The highest BCUT2D eigenvalue weighted by Crippen LogP contribution is 2.21. The number of rotatable bonds is 7. The van der Waals surface area contributed by atoms with E-state index >= 15 is 0 Å². The van der Waals surface area contributed by atoms with Gasteiger partial charge >= 0.3 is 5.97 Å². The van der Waals surface area contributed by atoms with E-state index in [1.165, 1.54) is 0 Å². The first-order valence-corrected chi connectivity index (χ1v) is 9.85. The number of nitrogens with one attached hydrogen (secondary N) is 1. The van der Waals surface area contributed by atoms with Crippen molar-refractivity contribution in [2.24, 2.45) is 0 Å². The summed E-state index contributed by atoms with van der Waals surface area (Å²) in [5, 5.41) is 3.47. The second-order valence-corrected chi connectivity index (χ2v) is 7.23. The predicted octanol–water partition coefficient (Wildman–Crippen LogP) is 5.41. The van der Waals surface area contributed by atoms with Gasteiger partial charge in [0, 0.05) is 16.3 Å². The van der Waals surface area contributed by atoms with Crippen LogP contribution in [-0.2, 0) is 16.1 Å². The SMILES string of the molecule is Cc1cc(Cl)ccc1NC(=O)c1ccc(OC(C)C(=O)OCc2ccccc2)cc1. The van der Waals surface area contributed by atoms with Crippen molar-refractivity contribution in [1.82, 2.24) is 0 Å². The summed E-state index contributed by atoms with van der Waals surface area (Å²) in [6.07, 6.45) is -0.773. The number of hydrogen-bond acceptors (Lipinski definition) is 4. The highest BCUT2D eigenvalue weighted by molar-refractivity contribution is 6.30. The van der Waals surface area contributed by atoms with Crippen LogP contribution in [0.5, 0.6) is 5.75 Å². The molecule has 0 heterocycles. The zero-order valence-electron chi connectivity index (χ0n) is 16.7. The van der Waals surface area contributed by atoms with Crippen LogP contribution in [0.4, 0.5) is 5.69 Å². The van der Waals surface area contributed by atoms with Crippen LogP contribution in [0, 0.1) is 6.92 Å². The van der Waals surface area contributed by atoms with E-state index in [4.69, 9.17) is 21.1 Å². The quantitative estimate of drug-likeness (QED) is 0.516. The number of halogens is 1. The van der Waals surface area contributed by atoms with Gasteiger partial charge in [-0.15, -0.1) is 0 Å². The highest BCUT2D eigenvalue weighted by atomic mass is 35.5. The molecule has 0 aliphatic heterocycles. The number of carbonyl (C=O) groups excluding carboxylic acids is 2. The Morgan fingerprint density at radius 1 is 1.00 bits per heavy atom. The van der Waals surface area contributed by atoms with Gasteiger partial charge in [-0.05, 0) is 67.4 Å². The number of ether oxygens (including phenoxy) is 2. The summed E-state index contributed by atoms with van der Waals surface area (Å²) >= 11 is 5.94. The molecule has 3 rings (SSSR count). The maximum absolute atomic E-state index is 12.5. The van der Waals surface area contributed by atoms with Crippen molar-refractivity contribution < 1.29 is 19.1 Å². The van der Waals surface area contributed by atoms with E-state index in [1.807, 2.05) is 37.3 Å². The summed E-state index contributed by atoms with van der Waals surface area (Å²) < 4.78 is 10.9. The molecule has 3 aromatic carbocycles. The number of carbonyl (C=O) groups is 2. The van der Waals surface area contributed by atoms with E-state index < -0.39 is 12.1 Å². The molecule has 0 fully saturated rings. The van der Waals surface area contributed by atoms with Crippen molar-refractivity contribution in [1.29, 1.82) is 0 Å². The Bertz CT molecular complexity index is 1020. The van der Waals surface area contributed by atoms with Gasteiger partial charge in [0.15, 0.2) is 6.10 Å². The molecule has 0 bridgehead atoms. The molecular formula is C24H22ClNO4. The maximum Gasteiger partial charge on any atom is 0.347 e. The zero-order valence-corrected chi connectivity index (χ0v) is 17.5. The molecule has 6 heteroatoms. The second kappa shape index (κ2) is 9.94. The standard InChI is InChI=1S/C24H22ClNO4/c1-16-14-20(25)10-13-22(16)26-23(27)19-8-11-21(12-9-19)30-17(2)24(28)29-15-18-6-4-3-5-7-18/h3-14,17H,15H2,1-2H3,(H,26,27). The number of benzene rings is 3. The largest absolute Gasteiger partial charge is 0.479 e. The van der Waals surface area contributed by atoms with Crippen molar-refractivity contribution in [3.63, 3.8) is 0 Å². The third-order valence-corrected chi connectivity index (χ3v) is 4.66. The number of amides is 1. The third-order valence-electron chi connectivity index (χ3n) is 4.42. The van der Waals surface area contributed by atoms with Gasteiger partial charge in [0.2, 0.25) is 0 Å². The molecular weight excluding hydrogens is 402 g/mol. The molecule has 1 atom stereocenters. The van der Waals surface area contributed by atoms with Crippen molar-refractivity contribution in [3.8, 4) is 5.75 Å². The molecule has 1 unspecified atom stereocenters. The number of hydrogen-bond donors (Lipinski definition) is 1. The molecule has 1 N–H and O–H groups in total. The lowest BCUT2D eigenvalue weighted by Crippen LogP contribution is -2.26. The normalized spacial score (nSPS) is 11.4. The summed E-state index contributed by atoms with van der Waals surface area (Å²) in [5.74, 6) is -0.237. The molecule has 1 amide bonds. The van der Waals surface area contributed by atoms with Gasteiger partial charge in [-0.1, -0.05) is 41.9 Å². The number of esters is 1. The molecule has 5 nitrogen and oxygen atoms in total. The van der Waals surface area contributed by atoms with Crippen LogP contribution in [0.2, 0.25) is 5.02 Å². The van der Waals surface area contributed by atoms with Gasteiger partial charge in [-0.3, -0.25) is 4.79 Å². The second-order valence-electron chi connectivity index (χ2n) is 6.79. The van der Waals surface area contributed by atoms with E-state index in [1.54, 1.807) is 49.4 Å². The van der Waals surface area contributed by atoms with Gasteiger partial charge in [-0.2, -0.15) is 0 Å². The number of aryl methyl sites for hydroxylation is 1. The van der Waals surface area contributed by atoms with E-state index in [2.05, 4.69) is 5.32 Å². The van der Waals surface area contributed by atoms with Crippen LogP contribution in [-0.4, -0.2) is 18.0 Å². The van der Waals surface area contributed by atoms with Crippen molar-refractivity contribution >= 4 is 29.2 Å². The van der Waals surface area contributed by atoms with Crippen LogP contribution in [0.25, 0.3) is 0 Å². The van der Waals surface area contributed by atoms with Gasteiger partial charge in [0.1, 0.15) is 12.4 Å². The Hall–Kier alpha value is -3.31. The first-order valence-electron chi connectivity index (χ1n) is 9.47. The van der Waals surface area contributed by atoms with E-state index in [-0.39, 0.29) is 12.5 Å². The van der Waals surface area contributed by atoms with Crippen LogP contribution < -0.4 is 10.1 Å². The van der Waals surface area contributed by atoms with Crippen LogP contribution in [0.15, 0.2) is 72.8 Å². The molecule has 3 aromatic rings. The van der Waals surface area contributed by atoms with Crippen molar-refractivity contribution in [3.05, 3.63) is 94.5 Å². The molecule has 0 aliphatic rings. The maximum atomic E-state index is 12.5. The zero-order chi connectivity index (χ0) is 21.5. The molecule has 0 aliphatic carbocycles. The van der Waals surface area contributed by atoms with Crippen LogP contribution in [0.3, 0.4) is 0 Å². The first kappa shape index (κ1) is 21.4. The Morgan fingerprint density at radius 2 is 1.70 bits per heavy atom. The van der Waals surface area contributed by atoms with E-state index in [9.17, 15) is 9.59 Å². The fourth-order valence-corrected chi connectivity index (χ4v) is 2.97. The molecule has 0 spiro atoms. The van der Waals surface area contributed by atoms with Crippen LogP contribution in [0.1, 0.15) is 28.4 Å². The van der Waals surface area contributed by atoms with Gasteiger partial charge < -0.3 is 14.8 Å². The Kier molecular flexibility index (Phi) is 7.09. The average Bonchev–Trinajstić information content (AvgIpc) is 2.75. The Balaban J connectivity index is 1.54. The lowest BCUT2D eigenvalue weighted by molar-refractivity contribution is -0.152. The minimum Gasteiger partial charge on any atom is -0.479 e. The highest BCUT2D eigenvalue weighted by Gasteiger charge is 2.17. The Morgan fingerprint density at radius 3 is 2.37 bits per heavy atom. The molecule has 0 aromatic heterocycles. The molecule has 154 valence electrons. The lowest BCUT2D eigenvalue weighted by atomic mass is 10.1. The fraction of sp³-hybridized carbons (Fsp3) is 0.167. The summed E-state index contributed by atoms with van der Waals surface area (Å²) in [6, 6.07) is 21.3. The van der Waals surface area contributed by atoms with Crippen LogP contribution >= 0.6 is 11.6 Å². The minimum atomic E-state index is -0.773. The van der Waals surface area contributed by atoms with Crippen molar-refractivity contribution in [2.45, 2.75) is 26.6 Å². The summed E-state index contributed by atoms with van der Waals surface area (Å²) in [6.45, 7) is 3.69. The smallest absolute Gasteiger partial charge is 0.347 e. The monoisotopic (exact) mass is 423 g/mol. The first-order chi connectivity index (χ1) is 14.4. The molecule has 30 heavy (non-hydrogen) atoms. The topological polar surface area (TPSA) is 64.6 Å². The third kappa shape index (κ3) is 5.84. The van der Waals surface area contributed by atoms with E-state index in [0.717, 1.165) is 11.1 Å². The molecule has 0 saturated heterocycles. The lowest BCUT2D eigenvalue weighted by Gasteiger charge is -2.14. The molecule has 0 saturated carbocycles. The van der Waals surface area contributed by atoms with Gasteiger partial charge in [-0.25, -0.2) is 4.79 Å². The van der Waals surface area contributed by atoms with Crippen molar-refractivity contribution in [2.75, 3.05) is 5.32 Å². The average molecular weight is 424 g/mol. The van der Waals surface area contributed by atoms with Gasteiger partial charge in [0.05, 0.1) is 0 Å². The van der Waals surface area contributed by atoms with Gasteiger partial charge in [0.25, 0.3) is 5.91 Å². The summed E-state index contributed by atoms with van der Waals surface area (Å²) in [7, 11) is 0. The predicted molar refractivity (Wildman–Crippen MR) is 117 cm³/mol. The number of anilines is 1. The summed E-state index contributed by atoms with van der Waals surface area (Å²) in [4.78, 5) is 24.6. The fourth-order valence-electron chi connectivity index (χ4n) is 2.74.